The van der Waals surface area contributed by atoms with Crippen LogP contribution in [-0.2, 0) is 11.3 Å². The van der Waals surface area contributed by atoms with Crippen LogP contribution in [0, 0.1) is 5.82 Å². The van der Waals surface area contributed by atoms with Gasteiger partial charge in [-0.15, -0.1) is 0 Å². The fourth-order valence-electron chi connectivity index (χ4n) is 2.11. The highest BCUT2D eigenvalue weighted by molar-refractivity contribution is 5.86. The standard InChI is InChI=1S/C12H16FN3O/c1-8-12(17)15-4-5-16(8)11-3-2-10(13)6-9(11)7-14/h2-3,6,8H,4-5,7,14H2,1H3,(H,15,17). The number of hydrogen-bond acceptors (Lipinski definition) is 3. The van der Waals surface area contributed by atoms with Gasteiger partial charge >= 0.3 is 0 Å². The fraction of sp³-hybridized carbons (Fsp3) is 0.417. The fourth-order valence-corrected chi connectivity index (χ4v) is 2.11. The monoisotopic (exact) mass is 237 g/mol. The maximum absolute atomic E-state index is 13.1. The van der Waals surface area contributed by atoms with Gasteiger partial charge in [-0.3, -0.25) is 4.79 Å². The molecule has 17 heavy (non-hydrogen) atoms. The number of nitrogens with one attached hydrogen (secondary N) is 1. The molecular weight excluding hydrogens is 221 g/mol. The highest BCUT2D eigenvalue weighted by atomic mass is 19.1. The molecule has 0 radical (unpaired) electrons. The van der Waals surface area contributed by atoms with Gasteiger partial charge in [0, 0.05) is 25.3 Å². The average Bonchev–Trinajstić information content (AvgIpc) is 2.33. The molecule has 1 saturated heterocycles. The Hall–Kier alpha value is -1.62. The van der Waals surface area contributed by atoms with E-state index in [0.717, 1.165) is 11.3 Å². The van der Waals surface area contributed by atoms with Gasteiger partial charge in [-0.25, -0.2) is 4.39 Å². The van der Waals surface area contributed by atoms with Gasteiger partial charge in [-0.1, -0.05) is 0 Å². The Morgan fingerprint density at radius 1 is 1.59 bits per heavy atom. The molecule has 1 heterocycles. The van der Waals surface area contributed by atoms with Crippen molar-refractivity contribution in [2.24, 2.45) is 5.73 Å². The summed E-state index contributed by atoms with van der Waals surface area (Å²) in [6.07, 6.45) is 0. The second kappa shape index (κ2) is 4.71. The molecule has 92 valence electrons. The number of halogens is 1. The minimum absolute atomic E-state index is 0.0106. The van der Waals surface area contributed by atoms with Gasteiger partial charge in [0.15, 0.2) is 0 Å². The van der Waals surface area contributed by atoms with Crippen molar-refractivity contribution in [3.63, 3.8) is 0 Å². The summed E-state index contributed by atoms with van der Waals surface area (Å²) in [5, 5.41) is 2.79. The van der Waals surface area contributed by atoms with Gasteiger partial charge in [0.2, 0.25) is 5.91 Å². The van der Waals surface area contributed by atoms with Crippen molar-refractivity contribution in [1.29, 1.82) is 0 Å². The normalized spacial score (nSPS) is 20.3. The zero-order valence-corrected chi connectivity index (χ0v) is 9.74. The van der Waals surface area contributed by atoms with Crippen molar-refractivity contribution < 1.29 is 9.18 Å². The predicted molar refractivity (Wildman–Crippen MR) is 64.1 cm³/mol. The third-order valence-corrected chi connectivity index (χ3v) is 3.07. The number of carbonyl (C=O) groups excluding carboxylic acids is 1. The molecule has 4 nitrogen and oxygen atoms in total. The molecule has 5 heteroatoms. The van der Waals surface area contributed by atoms with Crippen LogP contribution in [0.5, 0.6) is 0 Å². The van der Waals surface area contributed by atoms with Gasteiger partial charge in [0.05, 0.1) is 0 Å². The van der Waals surface area contributed by atoms with E-state index in [2.05, 4.69) is 5.32 Å². The number of rotatable bonds is 2. The molecule has 3 N–H and O–H groups in total. The number of nitrogens with two attached hydrogens (primary N) is 1. The quantitative estimate of drug-likeness (QED) is 0.792. The molecule has 1 aliphatic heterocycles. The molecule has 1 amide bonds. The number of anilines is 1. The van der Waals surface area contributed by atoms with E-state index in [-0.39, 0.29) is 24.3 Å². The predicted octanol–water partition coefficient (Wildman–Crippen LogP) is 0.609. The smallest absolute Gasteiger partial charge is 0.242 e. The van der Waals surface area contributed by atoms with E-state index >= 15 is 0 Å². The zero-order chi connectivity index (χ0) is 12.4. The molecule has 0 spiro atoms. The second-order valence-electron chi connectivity index (χ2n) is 4.14. The Morgan fingerprint density at radius 3 is 3.06 bits per heavy atom. The first-order valence-electron chi connectivity index (χ1n) is 5.66. The van der Waals surface area contributed by atoms with E-state index in [9.17, 15) is 9.18 Å². The number of nitrogens with zero attached hydrogens (tertiary/aromatic N) is 1. The maximum atomic E-state index is 13.1. The highest BCUT2D eigenvalue weighted by Gasteiger charge is 2.26. The minimum atomic E-state index is -0.302. The number of hydrogen-bond donors (Lipinski definition) is 2. The Labute approximate surface area is 99.6 Å². The topological polar surface area (TPSA) is 58.4 Å². The Balaban J connectivity index is 2.35. The summed E-state index contributed by atoms with van der Waals surface area (Å²) in [5.41, 5.74) is 7.18. The van der Waals surface area contributed by atoms with Crippen LogP contribution in [0.25, 0.3) is 0 Å². The Kier molecular flexibility index (Phi) is 3.28. The van der Waals surface area contributed by atoms with E-state index in [1.165, 1.54) is 12.1 Å². The lowest BCUT2D eigenvalue weighted by Gasteiger charge is -2.35. The van der Waals surface area contributed by atoms with E-state index in [4.69, 9.17) is 5.73 Å². The van der Waals surface area contributed by atoms with Crippen molar-refractivity contribution in [1.82, 2.24) is 5.32 Å². The lowest BCUT2D eigenvalue weighted by atomic mass is 10.1. The molecule has 2 rings (SSSR count). The van der Waals surface area contributed by atoms with E-state index < -0.39 is 0 Å². The molecule has 1 aromatic rings. The summed E-state index contributed by atoms with van der Waals surface area (Å²) in [7, 11) is 0. The lowest BCUT2D eigenvalue weighted by molar-refractivity contribution is -0.122. The zero-order valence-electron chi connectivity index (χ0n) is 9.74. The summed E-state index contributed by atoms with van der Waals surface area (Å²) >= 11 is 0. The summed E-state index contributed by atoms with van der Waals surface area (Å²) in [6, 6.07) is 4.26. The van der Waals surface area contributed by atoms with Gasteiger partial charge in [-0.05, 0) is 30.7 Å². The number of piperazine rings is 1. The number of amides is 1. The molecule has 0 aliphatic carbocycles. The molecule has 1 aliphatic rings. The molecular formula is C12H16FN3O. The van der Waals surface area contributed by atoms with Crippen molar-refractivity contribution in [2.45, 2.75) is 19.5 Å². The molecule has 1 fully saturated rings. The van der Waals surface area contributed by atoms with Crippen molar-refractivity contribution in [2.75, 3.05) is 18.0 Å². The van der Waals surface area contributed by atoms with Crippen LogP contribution in [0.15, 0.2) is 18.2 Å². The third-order valence-electron chi connectivity index (χ3n) is 3.07. The number of benzene rings is 1. The van der Waals surface area contributed by atoms with Crippen molar-refractivity contribution in [3.8, 4) is 0 Å². The minimum Gasteiger partial charge on any atom is -0.358 e. The molecule has 0 bridgehead atoms. The van der Waals surface area contributed by atoms with Gasteiger partial charge in [0.1, 0.15) is 11.9 Å². The summed E-state index contributed by atoms with van der Waals surface area (Å²) in [4.78, 5) is 13.5. The first kappa shape index (κ1) is 11.9. The molecule has 1 unspecified atom stereocenters. The highest BCUT2D eigenvalue weighted by Crippen LogP contribution is 2.24. The van der Waals surface area contributed by atoms with Gasteiger partial charge in [0.25, 0.3) is 0 Å². The van der Waals surface area contributed by atoms with Gasteiger partial charge in [-0.2, -0.15) is 0 Å². The molecule has 1 atom stereocenters. The SMILES string of the molecule is CC1C(=O)NCCN1c1ccc(F)cc1CN. The van der Waals surface area contributed by atoms with Crippen LogP contribution in [0.1, 0.15) is 12.5 Å². The largest absolute Gasteiger partial charge is 0.358 e. The second-order valence-corrected chi connectivity index (χ2v) is 4.14. The summed E-state index contributed by atoms with van der Waals surface area (Å²) < 4.78 is 13.1. The average molecular weight is 237 g/mol. The van der Waals surface area contributed by atoms with E-state index in [1.54, 1.807) is 6.07 Å². The molecule has 0 saturated carbocycles. The van der Waals surface area contributed by atoms with Crippen molar-refractivity contribution in [3.05, 3.63) is 29.6 Å². The molecule has 1 aromatic carbocycles. The van der Waals surface area contributed by atoms with E-state index in [0.29, 0.717) is 13.1 Å². The Morgan fingerprint density at radius 2 is 2.35 bits per heavy atom. The van der Waals surface area contributed by atoms with Crippen LogP contribution in [0.2, 0.25) is 0 Å². The lowest BCUT2D eigenvalue weighted by Crippen LogP contribution is -2.54. The van der Waals surface area contributed by atoms with Gasteiger partial charge < -0.3 is 16.0 Å². The first-order chi connectivity index (χ1) is 8.13. The van der Waals surface area contributed by atoms with Crippen LogP contribution < -0.4 is 16.0 Å². The van der Waals surface area contributed by atoms with Crippen molar-refractivity contribution >= 4 is 11.6 Å². The maximum Gasteiger partial charge on any atom is 0.242 e. The summed E-state index contributed by atoms with van der Waals surface area (Å²) in [6.45, 7) is 3.41. The van der Waals surface area contributed by atoms with Crippen LogP contribution in [0.4, 0.5) is 10.1 Å². The molecule has 0 aromatic heterocycles. The summed E-state index contributed by atoms with van der Waals surface area (Å²) in [5.74, 6) is -0.313. The van der Waals surface area contributed by atoms with Crippen LogP contribution in [0.3, 0.4) is 0 Å². The Bertz CT molecular complexity index is 436. The van der Waals surface area contributed by atoms with Crippen LogP contribution >= 0.6 is 0 Å². The number of carbonyl (C=O) groups is 1. The third kappa shape index (κ3) is 2.24. The first-order valence-corrected chi connectivity index (χ1v) is 5.66. The van der Waals surface area contributed by atoms with Crippen LogP contribution in [-0.4, -0.2) is 25.0 Å². The van der Waals surface area contributed by atoms with E-state index in [1.807, 2.05) is 11.8 Å².